The number of halogens is 1. The lowest BCUT2D eigenvalue weighted by molar-refractivity contribution is -0.117. The van der Waals surface area contributed by atoms with Crippen molar-refractivity contribution in [1.82, 2.24) is 9.97 Å². The summed E-state index contributed by atoms with van der Waals surface area (Å²) in [7, 11) is 0. The van der Waals surface area contributed by atoms with Gasteiger partial charge in [0.15, 0.2) is 11.0 Å². The fraction of sp³-hybridized carbons (Fsp3) is 0.357. The van der Waals surface area contributed by atoms with Crippen LogP contribution >= 0.6 is 11.6 Å². The molecule has 0 aliphatic carbocycles. The van der Waals surface area contributed by atoms with Gasteiger partial charge in [0.25, 0.3) is 0 Å². The molecule has 1 aromatic carbocycles. The Morgan fingerprint density at radius 2 is 1.95 bits per heavy atom. The summed E-state index contributed by atoms with van der Waals surface area (Å²) in [5, 5.41) is 3.51. The molecule has 2 aromatic rings. The zero-order valence-corrected chi connectivity index (χ0v) is 11.7. The molecule has 0 aliphatic heterocycles. The average Bonchev–Trinajstić information content (AvgIpc) is 2.35. The molecule has 0 radical (unpaired) electrons. The van der Waals surface area contributed by atoms with Crippen molar-refractivity contribution in [1.29, 1.82) is 0 Å². The Morgan fingerprint density at radius 1 is 1.32 bits per heavy atom. The molecule has 2 rings (SSSR count). The molecular weight excluding hydrogens is 262 g/mol. The van der Waals surface area contributed by atoms with Gasteiger partial charge in [-0.05, 0) is 25.0 Å². The second kappa shape index (κ2) is 5.97. The van der Waals surface area contributed by atoms with Crippen LogP contribution < -0.4 is 5.32 Å². The van der Waals surface area contributed by atoms with E-state index >= 15 is 0 Å². The van der Waals surface area contributed by atoms with Gasteiger partial charge in [-0.3, -0.25) is 0 Å². The zero-order chi connectivity index (χ0) is 13.8. The molecule has 19 heavy (non-hydrogen) atoms. The minimum Gasteiger partial charge on any atom is -0.367 e. The number of aromatic nitrogens is 2. The number of benzene rings is 1. The van der Waals surface area contributed by atoms with E-state index in [0.717, 1.165) is 11.0 Å². The first-order valence-corrected chi connectivity index (χ1v) is 6.59. The van der Waals surface area contributed by atoms with Crippen LogP contribution in [0.4, 0.5) is 5.82 Å². The van der Waals surface area contributed by atoms with E-state index < -0.39 is 0 Å². The highest BCUT2D eigenvalue weighted by Gasteiger charge is 2.09. The molecule has 4 nitrogen and oxygen atoms in total. The topological polar surface area (TPSA) is 54.9 Å². The molecular formula is C14H16ClN3O. The molecule has 0 saturated carbocycles. The third-order valence-corrected chi connectivity index (χ3v) is 3.05. The van der Waals surface area contributed by atoms with E-state index in [4.69, 9.17) is 11.6 Å². The number of ketones is 1. The van der Waals surface area contributed by atoms with Crippen LogP contribution in [0.3, 0.4) is 0 Å². The lowest BCUT2D eigenvalue weighted by atomic mass is 10.1. The summed E-state index contributed by atoms with van der Waals surface area (Å²) < 4.78 is 0. The fourth-order valence-corrected chi connectivity index (χ4v) is 2.12. The standard InChI is InChI=1S/C14H16ClN3O/c1-9(7-10(2)19)8-16-14-13(15)17-11-5-3-4-6-12(11)18-14/h3-6,9H,7-8H2,1-2H3,(H,16,18). The van der Waals surface area contributed by atoms with E-state index in [1.807, 2.05) is 31.2 Å². The summed E-state index contributed by atoms with van der Waals surface area (Å²) in [5.41, 5.74) is 1.57. The summed E-state index contributed by atoms with van der Waals surface area (Å²) >= 11 is 6.09. The molecule has 1 heterocycles. The largest absolute Gasteiger partial charge is 0.367 e. The van der Waals surface area contributed by atoms with Gasteiger partial charge in [0.05, 0.1) is 11.0 Å². The van der Waals surface area contributed by atoms with Crippen molar-refractivity contribution in [3.05, 3.63) is 29.4 Å². The molecule has 5 heteroatoms. The second-order valence-corrected chi connectivity index (χ2v) is 5.10. The van der Waals surface area contributed by atoms with Gasteiger partial charge in [0.2, 0.25) is 0 Å². The summed E-state index contributed by atoms with van der Waals surface area (Å²) in [6.07, 6.45) is 0.547. The van der Waals surface area contributed by atoms with E-state index in [9.17, 15) is 4.79 Å². The van der Waals surface area contributed by atoms with Gasteiger partial charge in [-0.2, -0.15) is 0 Å². The van der Waals surface area contributed by atoms with Gasteiger partial charge >= 0.3 is 0 Å². The monoisotopic (exact) mass is 277 g/mol. The van der Waals surface area contributed by atoms with Crippen molar-refractivity contribution in [3.63, 3.8) is 0 Å². The second-order valence-electron chi connectivity index (χ2n) is 4.74. The van der Waals surface area contributed by atoms with Crippen molar-refractivity contribution >= 4 is 34.2 Å². The third kappa shape index (κ3) is 3.64. The quantitative estimate of drug-likeness (QED) is 0.911. The minimum absolute atomic E-state index is 0.185. The molecule has 0 spiro atoms. The number of para-hydroxylation sites is 2. The summed E-state index contributed by atoms with van der Waals surface area (Å²) in [6.45, 7) is 4.25. The lowest BCUT2D eigenvalue weighted by Crippen LogP contribution is -2.15. The first-order chi connectivity index (χ1) is 9.06. The van der Waals surface area contributed by atoms with Gasteiger partial charge < -0.3 is 10.1 Å². The summed E-state index contributed by atoms with van der Waals surface area (Å²) in [6, 6.07) is 7.57. The first-order valence-electron chi connectivity index (χ1n) is 6.22. The highest BCUT2D eigenvalue weighted by molar-refractivity contribution is 6.32. The van der Waals surface area contributed by atoms with Crippen molar-refractivity contribution in [3.8, 4) is 0 Å². The van der Waals surface area contributed by atoms with Crippen LogP contribution in [0.1, 0.15) is 20.3 Å². The highest BCUT2D eigenvalue weighted by atomic mass is 35.5. The van der Waals surface area contributed by atoms with Crippen LogP contribution in [0.2, 0.25) is 5.15 Å². The van der Waals surface area contributed by atoms with E-state index in [-0.39, 0.29) is 11.7 Å². The first kappa shape index (κ1) is 13.7. The van der Waals surface area contributed by atoms with Gasteiger partial charge in [-0.1, -0.05) is 30.7 Å². The van der Waals surface area contributed by atoms with Gasteiger partial charge in [0.1, 0.15) is 5.78 Å². The SMILES string of the molecule is CC(=O)CC(C)CNc1nc2ccccc2nc1Cl. The van der Waals surface area contributed by atoms with Crippen LogP contribution in [0.25, 0.3) is 11.0 Å². The van der Waals surface area contributed by atoms with Crippen LogP contribution in [0, 0.1) is 5.92 Å². The summed E-state index contributed by atoms with van der Waals surface area (Å²) in [5.74, 6) is 0.989. The molecule has 0 amide bonds. The Morgan fingerprint density at radius 3 is 2.58 bits per heavy atom. The van der Waals surface area contributed by atoms with E-state index in [0.29, 0.717) is 23.9 Å². The molecule has 100 valence electrons. The van der Waals surface area contributed by atoms with Crippen LogP contribution in [0.15, 0.2) is 24.3 Å². The molecule has 1 atom stereocenters. The maximum atomic E-state index is 11.0. The van der Waals surface area contributed by atoms with Gasteiger partial charge in [-0.25, -0.2) is 9.97 Å². The maximum absolute atomic E-state index is 11.0. The molecule has 0 fully saturated rings. The van der Waals surface area contributed by atoms with Gasteiger partial charge in [-0.15, -0.1) is 0 Å². The maximum Gasteiger partial charge on any atom is 0.172 e. The van der Waals surface area contributed by atoms with Crippen LogP contribution in [0.5, 0.6) is 0 Å². The molecule has 1 N–H and O–H groups in total. The fourth-order valence-electron chi connectivity index (χ4n) is 1.92. The molecule has 0 bridgehead atoms. The smallest absolute Gasteiger partial charge is 0.172 e. The normalized spacial score (nSPS) is 12.4. The third-order valence-electron chi connectivity index (χ3n) is 2.78. The predicted octanol–water partition coefficient (Wildman–Crippen LogP) is 3.31. The predicted molar refractivity (Wildman–Crippen MR) is 77.5 cm³/mol. The van der Waals surface area contributed by atoms with Crippen molar-refractivity contribution in [2.75, 3.05) is 11.9 Å². The van der Waals surface area contributed by atoms with Crippen molar-refractivity contribution in [2.24, 2.45) is 5.92 Å². The minimum atomic E-state index is 0.185. The number of hydrogen-bond acceptors (Lipinski definition) is 4. The van der Waals surface area contributed by atoms with E-state index in [1.165, 1.54) is 0 Å². The van der Waals surface area contributed by atoms with Crippen LogP contribution in [-0.4, -0.2) is 22.3 Å². The number of nitrogens with one attached hydrogen (secondary N) is 1. The Balaban J connectivity index is 2.12. The zero-order valence-electron chi connectivity index (χ0n) is 11.0. The van der Waals surface area contributed by atoms with E-state index in [2.05, 4.69) is 15.3 Å². The number of hydrogen-bond donors (Lipinski definition) is 1. The number of carbonyl (C=O) groups excluding carboxylic acids is 1. The van der Waals surface area contributed by atoms with Crippen LogP contribution in [-0.2, 0) is 4.79 Å². The Kier molecular flexibility index (Phi) is 4.32. The number of anilines is 1. The molecule has 0 aliphatic rings. The number of rotatable bonds is 5. The molecule has 1 aromatic heterocycles. The lowest BCUT2D eigenvalue weighted by Gasteiger charge is -2.12. The highest BCUT2D eigenvalue weighted by Crippen LogP contribution is 2.21. The van der Waals surface area contributed by atoms with E-state index in [1.54, 1.807) is 6.92 Å². The number of Topliss-reactive ketones (excluding diaryl/α,β-unsaturated/α-hetero) is 1. The summed E-state index contributed by atoms with van der Waals surface area (Å²) in [4.78, 5) is 19.7. The Labute approximate surface area is 117 Å². The van der Waals surface area contributed by atoms with Crippen molar-refractivity contribution < 1.29 is 4.79 Å². The Hall–Kier alpha value is -1.68. The number of carbonyl (C=O) groups is 1. The van der Waals surface area contributed by atoms with Crippen molar-refractivity contribution in [2.45, 2.75) is 20.3 Å². The Bertz CT molecular complexity index is 600. The number of nitrogens with zero attached hydrogens (tertiary/aromatic N) is 2. The van der Waals surface area contributed by atoms with Gasteiger partial charge in [0, 0.05) is 13.0 Å². The molecule has 1 unspecified atom stereocenters. The molecule has 0 saturated heterocycles. The average molecular weight is 278 g/mol. The number of fused-ring (bicyclic) bond motifs is 1.